The van der Waals surface area contributed by atoms with Gasteiger partial charge in [0.05, 0.1) is 37.1 Å². The Labute approximate surface area is 250 Å². The van der Waals surface area contributed by atoms with Crippen LogP contribution in [0.1, 0.15) is 68.2 Å². The zero-order chi connectivity index (χ0) is 28.9. The monoisotopic (exact) mass is 616 g/mol. The lowest BCUT2D eigenvalue weighted by Gasteiger charge is -2.31. The summed E-state index contributed by atoms with van der Waals surface area (Å²) in [5.74, 6) is -1.14. The van der Waals surface area contributed by atoms with Crippen molar-refractivity contribution >= 4 is 48.9 Å². The van der Waals surface area contributed by atoms with E-state index in [9.17, 15) is 19.2 Å². The lowest BCUT2D eigenvalue weighted by Crippen LogP contribution is -2.54. The number of halogens is 2. The quantitative estimate of drug-likeness (QED) is 0.259. The lowest BCUT2D eigenvalue weighted by atomic mass is 9.93. The van der Waals surface area contributed by atoms with E-state index < -0.39 is 23.4 Å². The molecule has 2 heterocycles. The van der Waals surface area contributed by atoms with Crippen LogP contribution < -0.4 is 21.3 Å². The third kappa shape index (κ3) is 16.3. The first kappa shape index (κ1) is 40.1. The average Bonchev–Trinajstić information content (AvgIpc) is 2.78. The molecule has 0 aromatic rings. The second kappa shape index (κ2) is 19.2. The van der Waals surface area contributed by atoms with Gasteiger partial charge in [0.1, 0.15) is 11.2 Å². The zero-order valence-corrected chi connectivity index (χ0v) is 26.7. The first-order valence-corrected chi connectivity index (χ1v) is 13.4. The molecule has 0 saturated carbocycles. The van der Waals surface area contributed by atoms with Gasteiger partial charge in [0.25, 0.3) is 0 Å². The van der Waals surface area contributed by atoms with E-state index in [-0.39, 0.29) is 60.7 Å². The number of nitrogens with one attached hydrogen (secondary N) is 4. The van der Waals surface area contributed by atoms with Gasteiger partial charge in [0.2, 0.25) is 0 Å². The molecule has 0 aromatic heterocycles. The average molecular weight is 618 g/mol. The Hall–Kier alpha value is -2.02. The summed E-state index contributed by atoms with van der Waals surface area (Å²) < 4.78 is 20.5. The number of rotatable bonds is 6. The first-order valence-electron chi connectivity index (χ1n) is 13.4. The van der Waals surface area contributed by atoms with Crippen molar-refractivity contribution in [3.05, 3.63) is 0 Å². The normalized spacial score (nSPS) is 22.4. The van der Waals surface area contributed by atoms with Crippen LogP contribution in [0.15, 0.2) is 0 Å². The third-order valence-electron chi connectivity index (χ3n) is 5.55. The molecule has 236 valence electrons. The third-order valence-corrected chi connectivity index (χ3v) is 5.55. The molecule has 14 heteroatoms. The van der Waals surface area contributed by atoms with Gasteiger partial charge in [-0.3, -0.25) is 9.59 Å². The van der Waals surface area contributed by atoms with Crippen molar-refractivity contribution in [1.29, 1.82) is 0 Å². The number of carbonyl (C=O) groups is 4. The Bertz CT molecular complexity index is 726. The summed E-state index contributed by atoms with van der Waals surface area (Å²) in [6, 6.07) is -0.578. The summed E-state index contributed by atoms with van der Waals surface area (Å²) in [4.78, 5) is 47.1. The van der Waals surface area contributed by atoms with Crippen LogP contribution in [0.5, 0.6) is 0 Å². The van der Waals surface area contributed by atoms with Crippen LogP contribution in [0.25, 0.3) is 0 Å². The fourth-order valence-corrected chi connectivity index (χ4v) is 4.00. The van der Waals surface area contributed by atoms with E-state index in [0.29, 0.717) is 39.1 Å². The molecule has 2 amide bonds. The molecule has 0 aliphatic carbocycles. The van der Waals surface area contributed by atoms with E-state index in [0.717, 1.165) is 13.1 Å². The van der Waals surface area contributed by atoms with E-state index >= 15 is 0 Å². The highest BCUT2D eigenvalue weighted by molar-refractivity contribution is 5.85. The predicted molar refractivity (Wildman–Crippen MR) is 156 cm³/mol. The van der Waals surface area contributed by atoms with Crippen LogP contribution in [0.3, 0.4) is 0 Å². The summed E-state index contributed by atoms with van der Waals surface area (Å²) in [7, 11) is 0. The Morgan fingerprint density at radius 2 is 1.00 bits per heavy atom. The van der Waals surface area contributed by atoms with Crippen molar-refractivity contribution in [1.82, 2.24) is 21.3 Å². The number of alkyl carbamates (subject to hydrolysis) is 2. The highest BCUT2D eigenvalue weighted by Gasteiger charge is 2.35. The first-order chi connectivity index (χ1) is 17.7. The second-order valence-electron chi connectivity index (χ2n) is 11.2. The number of carbonyl (C=O) groups excluding carboxylic acids is 4. The topological polar surface area (TPSA) is 153 Å². The Balaban J connectivity index is 0. The van der Waals surface area contributed by atoms with E-state index in [4.69, 9.17) is 18.9 Å². The minimum Gasteiger partial charge on any atom is -0.466 e. The van der Waals surface area contributed by atoms with Crippen LogP contribution in [-0.2, 0) is 28.5 Å². The standard InChI is InChI=1S/2C13H24N2O4.2ClH/c2*1-5-18-11(16)9-6-7-14-8-10(9)15-12(17)19-13(2,3)4;;/h2*9-10,14H,5-8H2,1-4H3,(H,15,17);2*1H/t2*9-,10+;;/m10../s1. The number of ether oxygens (including phenoxy) is 4. The van der Waals surface area contributed by atoms with Gasteiger partial charge in [0, 0.05) is 13.1 Å². The van der Waals surface area contributed by atoms with Crippen molar-refractivity contribution in [3.8, 4) is 0 Å². The molecule has 0 bridgehead atoms. The van der Waals surface area contributed by atoms with Crippen molar-refractivity contribution < 1.29 is 38.1 Å². The van der Waals surface area contributed by atoms with Crippen molar-refractivity contribution in [3.63, 3.8) is 0 Å². The number of hydrogen-bond donors (Lipinski definition) is 4. The summed E-state index contributed by atoms with van der Waals surface area (Å²) >= 11 is 0. The van der Waals surface area contributed by atoms with E-state index in [1.807, 2.05) is 0 Å². The molecule has 4 atom stereocenters. The van der Waals surface area contributed by atoms with Gasteiger partial charge in [-0.05, 0) is 81.3 Å². The highest BCUT2D eigenvalue weighted by Crippen LogP contribution is 2.17. The maximum Gasteiger partial charge on any atom is 0.407 e. The smallest absolute Gasteiger partial charge is 0.407 e. The minimum atomic E-state index is -0.550. The number of piperidine rings is 2. The number of amides is 2. The van der Waals surface area contributed by atoms with Crippen molar-refractivity contribution in [2.45, 2.75) is 91.5 Å². The van der Waals surface area contributed by atoms with Crippen LogP contribution in [0.2, 0.25) is 0 Å². The van der Waals surface area contributed by atoms with Crippen molar-refractivity contribution in [2.24, 2.45) is 11.8 Å². The van der Waals surface area contributed by atoms with E-state index in [2.05, 4.69) is 21.3 Å². The lowest BCUT2D eigenvalue weighted by molar-refractivity contribution is -0.150. The predicted octanol–water partition coefficient (Wildman–Crippen LogP) is 2.95. The molecule has 2 saturated heterocycles. The van der Waals surface area contributed by atoms with Gasteiger partial charge in [-0.1, -0.05) is 0 Å². The summed E-state index contributed by atoms with van der Waals surface area (Å²) in [6.07, 6.45) is 0.296. The van der Waals surface area contributed by atoms with Gasteiger partial charge in [-0.15, -0.1) is 24.8 Å². The second-order valence-corrected chi connectivity index (χ2v) is 11.2. The maximum absolute atomic E-state index is 11.8. The van der Waals surface area contributed by atoms with Crippen LogP contribution in [0.4, 0.5) is 9.59 Å². The molecule has 2 fully saturated rings. The molecule has 0 spiro atoms. The molecule has 12 nitrogen and oxygen atoms in total. The molecule has 2 rings (SSSR count). The fraction of sp³-hybridized carbons (Fsp3) is 0.846. The fourth-order valence-electron chi connectivity index (χ4n) is 4.00. The number of hydrogen-bond acceptors (Lipinski definition) is 10. The molecule has 0 aromatic carbocycles. The minimum absolute atomic E-state index is 0. The number of esters is 2. The van der Waals surface area contributed by atoms with Gasteiger partial charge in [-0.2, -0.15) is 0 Å². The molecule has 2 aliphatic rings. The molecule has 2 aliphatic heterocycles. The largest absolute Gasteiger partial charge is 0.466 e. The Kier molecular flexibility index (Phi) is 19.2. The maximum atomic E-state index is 11.8. The molecular formula is C26H50Cl2N4O8. The summed E-state index contributed by atoms with van der Waals surface area (Å²) in [6.45, 7) is 17.6. The molecule has 0 radical (unpaired) electrons. The van der Waals surface area contributed by atoms with Crippen LogP contribution in [0, 0.1) is 11.8 Å². The van der Waals surface area contributed by atoms with Gasteiger partial charge < -0.3 is 40.2 Å². The van der Waals surface area contributed by atoms with E-state index in [1.54, 1.807) is 55.4 Å². The highest BCUT2D eigenvalue weighted by atomic mass is 35.5. The Morgan fingerprint density at radius 3 is 1.27 bits per heavy atom. The van der Waals surface area contributed by atoms with Crippen LogP contribution in [-0.4, -0.2) is 86.8 Å². The Morgan fingerprint density at radius 1 is 0.675 bits per heavy atom. The zero-order valence-electron chi connectivity index (χ0n) is 25.0. The van der Waals surface area contributed by atoms with Gasteiger partial charge in [-0.25, -0.2) is 9.59 Å². The molecular weight excluding hydrogens is 567 g/mol. The SMILES string of the molecule is CCOC(=O)[C@@H]1CCNC[C@@H]1NC(=O)OC(C)(C)C.CCOC(=O)[C@H]1CCNC[C@H]1NC(=O)OC(C)(C)C.Cl.Cl. The molecule has 40 heavy (non-hydrogen) atoms. The van der Waals surface area contributed by atoms with E-state index in [1.165, 1.54) is 0 Å². The van der Waals surface area contributed by atoms with Gasteiger partial charge in [0.15, 0.2) is 0 Å². The molecule has 0 unspecified atom stereocenters. The van der Waals surface area contributed by atoms with Gasteiger partial charge >= 0.3 is 24.1 Å². The summed E-state index contributed by atoms with van der Waals surface area (Å²) in [5, 5.41) is 11.8. The molecule has 4 N–H and O–H groups in total. The summed E-state index contributed by atoms with van der Waals surface area (Å²) in [5.41, 5.74) is -1.10. The van der Waals surface area contributed by atoms with Crippen LogP contribution >= 0.6 is 24.8 Å². The van der Waals surface area contributed by atoms with Crippen molar-refractivity contribution in [2.75, 3.05) is 39.4 Å².